The Morgan fingerprint density at radius 2 is 0.867 bits per heavy atom. The van der Waals surface area contributed by atoms with Gasteiger partial charge in [0.25, 0.3) is 0 Å². The van der Waals surface area contributed by atoms with Crippen molar-refractivity contribution in [2.75, 3.05) is 0 Å². The molecule has 0 unspecified atom stereocenters. The standard InChI is InChI=1S/C9H12B3N3/c1-4-7-13-10-14(8-5-2)12-15(11-13)9-6-3/h10-12H,1-3H3. The minimum Gasteiger partial charge on any atom is -0.387 e. The van der Waals surface area contributed by atoms with Gasteiger partial charge in [-0.05, 0) is 38.9 Å². The quantitative estimate of drug-likeness (QED) is 0.349. The fourth-order valence-corrected chi connectivity index (χ4v) is 1.44. The zero-order chi connectivity index (χ0) is 11.1. The zero-order valence-electron chi connectivity index (χ0n) is 9.46. The van der Waals surface area contributed by atoms with Crippen LogP contribution in [0.2, 0.25) is 0 Å². The third-order valence-electron chi connectivity index (χ3n) is 1.83. The van der Waals surface area contributed by atoms with E-state index in [9.17, 15) is 0 Å². The Balaban J connectivity index is 2.72. The van der Waals surface area contributed by atoms with E-state index in [1.807, 2.05) is 34.9 Å². The van der Waals surface area contributed by atoms with Crippen molar-refractivity contribution < 1.29 is 0 Å². The second-order valence-corrected chi connectivity index (χ2v) is 3.13. The van der Waals surface area contributed by atoms with Crippen LogP contribution in [-0.2, 0) is 0 Å². The van der Waals surface area contributed by atoms with Gasteiger partial charge in [0, 0.05) is 0 Å². The van der Waals surface area contributed by atoms with Gasteiger partial charge < -0.3 is 14.2 Å². The average molecular weight is 195 g/mol. The van der Waals surface area contributed by atoms with Crippen molar-refractivity contribution in [2.24, 2.45) is 0 Å². The first-order valence-electron chi connectivity index (χ1n) is 4.82. The first-order chi connectivity index (χ1) is 7.30. The molecule has 6 heteroatoms. The largest absolute Gasteiger partial charge is 0.387 e. The molecule has 1 aliphatic rings. The van der Waals surface area contributed by atoms with Gasteiger partial charge in [-0.15, -0.1) is 0 Å². The van der Waals surface area contributed by atoms with Crippen LogP contribution in [0.25, 0.3) is 0 Å². The second-order valence-electron chi connectivity index (χ2n) is 3.13. The van der Waals surface area contributed by atoms with E-state index in [-0.39, 0.29) is 0 Å². The van der Waals surface area contributed by atoms with Crippen LogP contribution >= 0.6 is 0 Å². The van der Waals surface area contributed by atoms with Crippen molar-refractivity contribution >= 4 is 22.6 Å². The molecule has 0 spiro atoms. The molecule has 0 bridgehead atoms. The maximum atomic E-state index is 3.03. The molecule has 0 aliphatic carbocycles. The summed E-state index contributed by atoms with van der Waals surface area (Å²) >= 11 is 0. The highest BCUT2D eigenvalue weighted by Crippen LogP contribution is 1.97. The maximum absolute atomic E-state index is 3.03. The van der Waals surface area contributed by atoms with Crippen molar-refractivity contribution in [3.8, 4) is 35.9 Å². The summed E-state index contributed by atoms with van der Waals surface area (Å²) in [4.78, 5) is 0. The lowest BCUT2D eigenvalue weighted by Gasteiger charge is -2.34. The Morgan fingerprint density at radius 3 is 1.07 bits per heavy atom. The summed E-state index contributed by atoms with van der Waals surface area (Å²) in [7, 11) is 2.26. The van der Waals surface area contributed by atoms with Gasteiger partial charge in [0.2, 0.25) is 0 Å². The molecule has 0 aromatic carbocycles. The summed E-state index contributed by atoms with van der Waals surface area (Å²) in [6.45, 7) is 5.50. The first kappa shape index (κ1) is 11.4. The molecule has 1 rings (SSSR count). The third-order valence-corrected chi connectivity index (χ3v) is 1.83. The summed E-state index contributed by atoms with van der Waals surface area (Å²) < 4.78 is 5.99. The van der Waals surface area contributed by atoms with E-state index < -0.39 is 0 Å². The van der Waals surface area contributed by atoms with E-state index in [0.29, 0.717) is 0 Å². The van der Waals surface area contributed by atoms with Gasteiger partial charge in [0.15, 0.2) is 0 Å². The van der Waals surface area contributed by atoms with Gasteiger partial charge in [0.1, 0.15) is 0 Å². The van der Waals surface area contributed by atoms with Crippen LogP contribution < -0.4 is 0 Å². The molecule has 1 aliphatic heterocycles. The number of hydrogen-bond donors (Lipinski definition) is 0. The molecule has 0 atom stereocenters. The van der Waals surface area contributed by atoms with Gasteiger partial charge in [-0.25, -0.2) is 0 Å². The van der Waals surface area contributed by atoms with Gasteiger partial charge in [-0.3, -0.25) is 0 Å². The van der Waals surface area contributed by atoms with E-state index in [2.05, 4.69) is 35.9 Å². The summed E-state index contributed by atoms with van der Waals surface area (Å²) in [6.07, 6.45) is 0. The molecule has 0 aromatic rings. The molecule has 72 valence electrons. The fraction of sp³-hybridized carbons (Fsp3) is 0.333. The molecule has 3 nitrogen and oxygen atoms in total. The van der Waals surface area contributed by atoms with Crippen molar-refractivity contribution in [1.82, 2.24) is 14.2 Å². The van der Waals surface area contributed by atoms with E-state index in [0.717, 1.165) is 22.6 Å². The van der Waals surface area contributed by atoms with E-state index in [1.165, 1.54) is 0 Å². The smallest absolute Gasteiger partial charge is 0.348 e. The monoisotopic (exact) mass is 195 g/mol. The topological polar surface area (TPSA) is 9.72 Å². The summed E-state index contributed by atoms with van der Waals surface area (Å²) in [6, 6.07) is 9.08. The molecule has 0 N–H and O–H groups in total. The minimum absolute atomic E-state index is 0.754. The maximum Gasteiger partial charge on any atom is 0.348 e. The van der Waals surface area contributed by atoms with Gasteiger partial charge in [0.05, 0.1) is 0 Å². The minimum atomic E-state index is 0.754. The fourth-order valence-electron chi connectivity index (χ4n) is 1.44. The molecule has 1 heterocycles. The van der Waals surface area contributed by atoms with E-state index in [4.69, 9.17) is 0 Å². The summed E-state index contributed by atoms with van der Waals surface area (Å²) in [5, 5.41) is 0. The van der Waals surface area contributed by atoms with E-state index in [1.54, 1.807) is 0 Å². The highest BCUT2D eigenvalue weighted by Gasteiger charge is 2.23. The molecule has 1 fully saturated rings. The highest BCUT2D eigenvalue weighted by molar-refractivity contribution is 6.66. The average Bonchev–Trinajstić information content (AvgIpc) is 2.19. The number of nitrogens with zero attached hydrogens (tertiary/aromatic N) is 3. The highest BCUT2D eigenvalue weighted by atomic mass is 15.2. The predicted molar refractivity (Wildman–Crippen MR) is 67.3 cm³/mol. The Bertz CT molecular complexity index is 322. The summed E-state index contributed by atoms with van der Waals surface area (Å²) in [5.74, 6) is 8.67. The lowest BCUT2D eigenvalue weighted by Crippen LogP contribution is -2.56. The van der Waals surface area contributed by atoms with Gasteiger partial charge in [-0.2, -0.15) is 0 Å². The lowest BCUT2D eigenvalue weighted by atomic mass is 9.75. The summed E-state index contributed by atoms with van der Waals surface area (Å²) in [5.41, 5.74) is 0. The SMILES string of the molecule is CC#CN1BN(C#CC)BN(C#CC)B1. The molecule has 1 saturated heterocycles. The lowest BCUT2D eigenvalue weighted by molar-refractivity contribution is 0.717. The van der Waals surface area contributed by atoms with Crippen LogP contribution in [-0.4, -0.2) is 36.8 Å². The molecule has 0 saturated carbocycles. The van der Waals surface area contributed by atoms with Crippen LogP contribution in [0.3, 0.4) is 0 Å². The number of hydrogen-bond acceptors (Lipinski definition) is 3. The molecule has 0 amide bonds. The third kappa shape index (κ3) is 3.49. The van der Waals surface area contributed by atoms with Crippen LogP contribution in [0, 0.1) is 35.9 Å². The van der Waals surface area contributed by atoms with E-state index >= 15 is 0 Å². The van der Waals surface area contributed by atoms with Crippen LogP contribution in [0.5, 0.6) is 0 Å². The normalized spacial score (nSPS) is 12.6. The molecule has 0 radical (unpaired) electrons. The van der Waals surface area contributed by atoms with Crippen LogP contribution in [0.15, 0.2) is 0 Å². The van der Waals surface area contributed by atoms with Crippen molar-refractivity contribution in [2.45, 2.75) is 20.8 Å². The van der Waals surface area contributed by atoms with Gasteiger partial charge >= 0.3 is 22.6 Å². The Kier molecular flexibility index (Phi) is 4.46. The molecular weight excluding hydrogens is 183 g/mol. The first-order valence-corrected chi connectivity index (χ1v) is 4.82. The van der Waals surface area contributed by atoms with Crippen molar-refractivity contribution in [3.05, 3.63) is 0 Å². The van der Waals surface area contributed by atoms with Crippen molar-refractivity contribution in [3.63, 3.8) is 0 Å². The molecule has 15 heavy (non-hydrogen) atoms. The molecular formula is C9H12B3N3. The predicted octanol–water partition coefficient (Wildman–Crippen LogP) is -1.35. The zero-order valence-corrected chi connectivity index (χ0v) is 9.46. The van der Waals surface area contributed by atoms with Crippen LogP contribution in [0.4, 0.5) is 0 Å². The Morgan fingerprint density at radius 1 is 0.600 bits per heavy atom. The molecule has 0 aromatic heterocycles. The second kappa shape index (κ2) is 5.89. The van der Waals surface area contributed by atoms with Crippen LogP contribution in [0.1, 0.15) is 20.8 Å². The Labute approximate surface area is 94.0 Å². The van der Waals surface area contributed by atoms with Gasteiger partial charge in [-0.1, -0.05) is 17.8 Å². The Hall–Kier alpha value is -1.73. The number of rotatable bonds is 0. The van der Waals surface area contributed by atoms with Crippen molar-refractivity contribution in [1.29, 1.82) is 0 Å².